The van der Waals surface area contributed by atoms with Crippen LogP contribution < -0.4 is 16.0 Å². The summed E-state index contributed by atoms with van der Waals surface area (Å²) >= 11 is 0. The molecular weight excluding hydrogens is 534 g/mol. The topological polar surface area (TPSA) is 151 Å². The van der Waals surface area contributed by atoms with E-state index < -0.39 is 58.6 Å². The maximum atomic E-state index is 13.1. The summed E-state index contributed by atoms with van der Waals surface area (Å²) in [6.45, 7) is 12.1. The lowest BCUT2D eigenvalue weighted by Crippen LogP contribution is -2.59. The standard InChI is InChI=1S/C33H51N3O6/c1-31(2,3)28(39)29(40)35-24(18-22-14-10-8-11-15-22)26(37)20-34-21-27(38)25(19-23-16-12-9-13-17-23)36-30(41)33(7,42)32(4,5)6/h8-17,24-28,34,37-39,42H,18-21H2,1-7H3,(H,35,40)(H,36,41)/t24-,25-,26+,27+,28?,33-/m0/s1. The van der Waals surface area contributed by atoms with Crippen molar-refractivity contribution in [3.63, 3.8) is 0 Å². The number of hydrogen-bond donors (Lipinski definition) is 7. The van der Waals surface area contributed by atoms with Crippen molar-refractivity contribution >= 4 is 11.8 Å². The molecule has 2 aromatic carbocycles. The van der Waals surface area contributed by atoms with Crippen LogP contribution in [0.15, 0.2) is 60.7 Å². The molecule has 42 heavy (non-hydrogen) atoms. The molecule has 6 atom stereocenters. The molecule has 7 N–H and O–H groups in total. The first-order valence-corrected chi connectivity index (χ1v) is 14.6. The third kappa shape index (κ3) is 10.5. The third-order valence-electron chi connectivity index (χ3n) is 7.85. The molecule has 234 valence electrons. The van der Waals surface area contributed by atoms with Crippen LogP contribution in [0.25, 0.3) is 0 Å². The van der Waals surface area contributed by atoms with E-state index in [1.54, 1.807) is 41.5 Å². The molecule has 9 heteroatoms. The molecule has 2 aromatic rings. The van der Waals surface area contributed by atoms with Gasteiger partial charge in [0, 0.05) is 13.1 Å². The highest BCUT2D eigenvalue weighted by Crippen LogP contribution is 2.30. The fourth-order valence-electron chi connectivity index (χ4n) is 4.27. The van der Waals surface area contributed by atoms with Crippen molar-refractivity contribution in [1.29, 1.82) is 0 Å². The van der Waals surface area contributed by atoms with Crippen LogP contribution in [-0.4, -0.2) is 81.3 Å². The van der Waals surface area contributed by atoms with Crippen molar-refractivity contribution in [3.05, 3.63) is 71.8 Å². The minimum absolute atomic E-state index is 0.0309. The first-order valence-electron chi connectivity index (χ1n) is 14.6. The molecule has 0 aliphatic heterocycles. The van der Waals surface area contributed by atoms with E-state index >= 15 is 0 Å². The first kappa shape index (κ1) is 35.4. The maximum Gasteiger partial charge on any atom is 0.252 e. The smallest absolute Gasteiger partial charge is 0.252 e. The van der Waals surface area contributed by atoms with Crippen molar-refractivity contribution in [1.82, 2.24) is 16.0 Å². The van der Waals surface area contributed by atoms with Gasteiger partial charge in [0.05, 0.1) is 24.3 Å². The highest BCUT2D eigenvalue weighted by molar-refractivity contribution is 5.85. The monoisotopic (exact) mass is 585 g/mol. The molecule has 0 fully saturated rings. The second kappa shape index (κ2) is 15.1. The van der Waals surface area contributed by atoms with Gasteiger partial charge < -0.3 is 36.4 Å². The van der Waals surface area contributed by atoms with Crippen molar-refractivity contribution in [3.8, 4) is 0 Å². The molecule has 0 aliphatic rings. The zero-order valence-corrected chi connectivity index (χ0v) is 26.1. The Morgan fingerprint density at radius 2 is 1.10 bits per heavy atom. The van der Waals surface area contributed by atoms with Crippen LogP contribution in [0, 0.1) is 10.8 Å². The molecule has 1 unspecified atom stereocenters. The molecule has 0 aliphatic carbocycles. The Morgan fingerprint density at radius 3 is 1.48 bits per heavy atom. The summed E-state index contributed by atoms with van der Waals surface area (Å²) in [5.74, 6) is -1.16. The molecule has 2 amide bonds. The van der Waals surface area contributed by atoms with Crippen LogP contribution >= 0.6 is 0 Å². The second-order valence-electron chi connectivity index (χ2n) is 13.5. The summed E-state index contributed by atoms with van der Waals surface area (Å²) < 4.78 is 0. The number of carbonyl (C=O) groups excluding carboxylic acids is 2. The van der Waals surface area contributed by atoms with Crippen molar-refractivity contribution in [2.24, 2.45) is 10.8 Å². The van der Waals surface area contributed by atoms with Gasteiger partial charge in [0.15, 0.2) is 0 Å². The van der Waals surface area contributed by atoms with Crippen LogP contribution in [0.5, 0.6) is 0 Å². The zero-order chi connectivity index (χ0) is 31.7. The molecule has 0 aromatic heterocycles. The zero-order valence-electron chi connectivity index (χ0n) is 26.1. The van der Waals surface area contributed by atoms with Crippen LogP contribution in [0.1, 0.15) is 59.6 Å². The van der Waals surface area contributed by atoms with Gasteiger partial charge in [0.25, 0.3) is 5.91 Å². The highest BCUT2D eigenvalue weighted by Gasteiger charge is 2.43. The predicted molar refractivity (Wildman–Crippen MR) is 165 cm³/mol. The summed E-state index contributed by atoms with van der Waals surface area (Å²) in [6.07, 6.45) is -2.69. The number of rotatable bonds is 14. The molecule has 0 radical (unpaired) electrons. The van der Waals surface area contributed by atoms with E-state index in [0.717, 1.165) is 11.1 Å². The summed E-state index contributed by atoms with van der Waals surface area (Å²) in [4.78, 5) is 25.9. The first-order chi connectivity index (χ1) is 19.4. The van der Waals surface area contributed by atoms with Crippen molar-refractivity contribution in [2.45, 2.75) is 97.3 Å². The molecule has 0 heterocycles. The van der Waals surface area contributed by atoms with Gasteiger partial charge in [-0.25, -0.2) is 0 Å². The van der Waals surface area contributed by atoms with Gasteiger partial charge >= 0.3 is 0 Å². The van der Waals surface area contributed by atoms with E-state index in [-0.39, 0.29) is 13.1 Å². The van der Waals surface area contributed by atoms with E-state index in [0.29, 0.717) is 12.8 Å². The van der Waals surface area contributed by atoms with Gasteiger partial charge in [0.1, 0.15) is 11.7 Å². The van der Waals surface area contributed by atoms with E-state index in [4.69, 9.17) is 0 Å². The minimum atomic E-state index is -1.67. The Hall–Kier alpha value is -2.82. The van der Waals surface area contributed by atoms with Gasteiger partial charge in [-0.3, -0.25) is 9.59 Å². The summed E-state index contributed by atoms with van der Waals surface area (Å²) in [5.41, 5.74) is -1.28. The number of aliphatic hydroxyl groups excluding tert-OH is 3. The normalized spacial score (nSPS) is 17.3. The largest absolute Gasteiger partial charge is 0.390 e. The van der Waals surface area contributed by atoms with Crippen LogP contribution in [-0.2, 0) is 22.4 Å². The number of amides is 2. The van der Waals surface area contributed by atoms with E-state index in [9.17, 15) is 30.0 Å². The summed E-state index contributed by atoms with van der Waals surface area (Å²) in [5, 5.41) is 52.3. The Labute approximate surface area is 250 Å². The van der Waals surface area contributed by atoms with Crippen LogP contribution in [0.4, 0.5) is 0 Å². The van der Waals surface area contributed by atoms with E-state index in [1.807, 2.05) is 60.7 Å². The Balaban J connectivity index is 2.12. The van der Waals surface area contributed by atoms with Gasteiger partial charge in [-0.1, -0.05) is 102 Å². The lowest BCUT2D eigenvalue weighted by atomic mass is 9.77. The van der Waals surface area contributed by atoms with Crippen molar-refractivity contribution in [2.75, 3.05) is 13.1 Å². The predicted octanol–water partition coefficient (Wildman–Crippen LogP) is 1.96. The lowest BCUT2D eigenvalue weighted by Gasteiger charge is -2.37. The number of hydrogen-bond acceptors (Lipinski definition) is 7. The Morgan fingerprint density at radius 1 is 0.690 bits per heavy atom. The molecular formula is C33H51N3O6. The average Bonchev–Trinajstić information content (AvgIpc) is 2.91. The minimum Gasteiger partial charge on any atom is -0.390 e. The molecule has 9 nitrogen and oxygen atoms in total. The maximum absolute atomic E-state index is 13.1. The third-order valence-corrected chi connectivity index (χ3v) is 7.85. The fraction of sp³-hybridized carbons (Fsp3) is 0.576. The number of benzene rings is 2. The van der Waals surface area contributed by atoms with Crippen LogP contribution in [0.2, 0.25) is 0 Å². The summed E-state index contributed by atoms with van der Waals surface area (Å²) in [7, 11) is 0. The van der Waals surface area contributed by atoms with Gasteiger partial charge in [-0.05, 0) is 41.7 Å². The molecule has 0 spiro atoms. The lowest BCUT2D eigenvalue weighted by molar-refractivity contribution is -0.150. The van der Waals surface area contributed by atoms with Crippen LogP contribution in [0.3, 0.4) is 0 Å². The van der Waals surface area contributed by atoms with E-state index in [2.05, 4.69) is 16.0 Å². The summed E-state index contributed by atoms with van der Waals surface area (Å²) in [6, 6.07) is 17.4. The molecule has 2 rings (SSSR count). The Bertz CT molecular complexity index is 1110. The number of aliphatic hydroxyl groups is 4. The fourth-order valence-corrected chi connectivity index (χ4v) is 4.27. The second-order valence-corrected chi connectivity index (χ2v) is 13.5. The highest BCUT2D eigenvalue weighted by atomic mass is 16.3. The number of carbonyl (C=O) groups is 2. The van der Waals surface area contributed by atoms with Gasteiger partial charge in [-0.2, -0.15) is 0 Å². The average molecular weight is 586 g/mol. The van der Waals surface area contributed by atoms with Gasteiger partial charge in [0.2, 0.25) is 5.91 Å². The Kier molecular flexibility index (Phi) is 12.7. The molecule has 0 saturated heterocycles. The van der Waals surface area contributed by atoms with Gasteiger partial charge in [-0.15, -0.1) is 0 Å². The number of nitrogens with one attached hydrogen (secondary N) is 3. The molecule has 0 bridgehead atoms. The molecule has 0 saturated carbocycles. The quantitative estimate of drug-likeness (QED) is 0.179. The van der Waals surface area contributed by atoms with E-state index in [1.165, 1.54) is 6.92 Å². The van der Waals surface area contributed by atoms with Crippen molar-refractivity contribution < 1.29 is 30.0 Å². The SMILES string of the molecule is CC(C)(C)C(O)C(=O)N[C@@H](Cc1ccccc1)[C@H](O)CNC[C@@H](O)[C@H](Cc1ccccc1)NC(=O)[C@](C)(O)C(C)(C)C.